The van der Waals surface area contributed by atoms with Crippen LogP contribution in [0.15, 0.2) is 47.4 Å². The highest BCUT2D eigenvalue weighted by Gasteiger charge is 2.21. The summed E-state index contributed by atoms with van der Waals surface area (Å²) < 4.78 is 44.7. The van der Waals surface area contributed by atoms with Crippen molar-refractivity contribution in [1.29, 1.82) is 0 Å². The maximum atomic E-state index is 13.1. The molecule has 2 N–H and O–H groups in total. The van der Waals surface area contributed by atoms with E-state index in [4.69, 9.17) is 4.74 Å². The second-order valence-corrected chi connectivity index (χ2v) is 7.97. The van der Waals surface area contributed by atoms with E-state index in [0.29, 0.717) is 0 Å². The number of amides is 1. The van der Waals surface area contributed by atoms with Gasteiger partial charge < -0.3 is 10.1 Å². The summed E-state index contributed by atoms with van der Waals surface area (Å²) in [5, 5.41) is 2.40. The fourth-order valence-corrected chi connectivity index (χ4v) is 3.27. The quantitative estimate of drug-likeness (QED) is 0.685. The van der Waals surface area contributed by atoms with E-state index in [2.05, 4.69) is 10.0 Å². The van der Waals surface area contributed by atoms with Crippen LogP contribution < -0.4 is 10.0 Å². The fraction of sp³-hybridized carbons (Fsp3) is 0.263. The maximum absolute atomic E-state index is 13.1. The van der Waals surface area contributed by atoms with E-state index < -0.39 is 40.4 Å². The lowest BCUT2D eigenvalue weighted by molar-refractivity contribution is -0.151. The second-order valence-electron chi connectivity index (χ2n) is 6.20. The van der Waals surface area contributed by atoms with Crippen LogP contribution in [-0.4, -0.2) is 32.9 Å². The minimum absolute atomic E-state index is 0.0281. The smallest absolute Gasteiger partial charge is 0.321 e. The van der Waals surface area contributed by atoms with Crippen molar-refractivity contribution in [1.82, 2.24) is 4.72 Å². The summed E-state index contributed by atoms with van der Waals surface area (Å²) in [6, 6.07) is 9.84. The molecule has 150 valence electrons. The van der Waals surface area contributed by atoms with Gasteiger partial charge in [-0.2, -0.15) is 4.72 Å². The van der Waals surface area contributed by atoms with Crippen LogP contribution in [0.2, 0.25) is 0 Å². The molecule has 0 heterocycles. The molecule has 28 heavy (non-hydrogen) atoms. The number of ether oxygens (including phenoxy) is 1. The van der Waals surface area contributed by atoms with Crippen molar-refractivity contribution in [2.45, 2.75) is 31.8 Å². The number of nitrogens with one attached hydrogen (secondary N) is 2. The van der Waals surface area contributed by atoms with Gasteiger partial charge >= 0.3 is 5.97 Å². The van der Waals surface area contributed by atoms with E-state index in [0.717, 1.165) is 17.2 Å². The van der Waals surface area contributed by atoms with Crippen molar-refractivity contribution in [2.24, 2.45) is 0 Å². The Morgan fingerprint density at radius 3 is 2.46 bits per heavy atom. The number of rotatable bonds is 7. The first-order chi connectivity index (χ1) is 13.1. The molecule has 1 amide bonds. The molecule has 0 unspecified atom stereocenters. The third kappa shape index (κ3) is 5.86. The highest BCUT2D eigenvalue weighted by atomic mass is 32.2. The first kappa shape index (κ1) is 21.5. The van der Waals surface area contributed by atoms with E-state index >= 15 is 0 Å². The van der Waals surface area contributed by atoms with Crippen LogP contribution in [0.4, 0.5) is 10.1 Å². The Hall–Kier alpha value is -2.78. The number of esters is 1. The lowest BCUT2D eigenvalue weighted by atomic mass is 10.1. The highest BCUT2D eigenvalue weighted by Crippen LogP contribution is 2.14. The van der Waals surface area contributed by atoms with Gasteiger partial charge in [0, 0.05) is 5.69 Å². The Bertz CT molecular complexity index is 992. The molecule has 0 aromatic heterocycles. The number of anilines is 1. The standard InChI is InChI=1S/C19H21FN2O5S/c1-12-7-8-17(9-13(12)2)28(25,26)21-11-18(23)27-14(3)19(24)22-16-6-4-5-15(20)10-16/h4-10,14,21H,11H2,1-3H3,(H,22,24)/t14-/m0/s1. The zero-order valence-corrected chi connectivity index (χ0v) is 16.5. The number of hydrogen-bond acceptors (Lipinski definition) is 5. The topological polar surface area (TPSA) is 102 Å². The number of carbonyl (C=O) groups is 2. The first-order valence-electron chi connectivity index (χ1n) is 8.41. The van der Waals surface area contributed by atoms with Gasteiger partial charge in [-0.1, -0.05) is 12.1 Å². The van der Waals surface area contributed by atoms with Crippen LogP contribution in [0.25, 0.3) is 0 Å². The van der Waals surface area contributed by atoms with Gasteiger partial charge in [0.1, 0.15) is 12.4 Å². The van der Waals surface area contributed by atoms with Gasteiger partial charge in [-0.15, -0.1) is 0 Å². The predicted octanol–water partition coefficient (Wildman–Crippen LogP) is 2.29. The third-order valence-electron chi connectivity index (χ3n) is 3.96. The Labute approximate surface area is 163 Å². The number of hydrogen-bond donors (Lipinski definition) is 2. The molecule has 2 rings (SSSR count). The van der Waals surface area contributed by atoms with E-state index in [-0.39, 0.29) is 10.6 Å². The van der Waals surface area contributed by atoms with Crippen molar-refractivity contribution < 1.29 is 27.1 Å². The van der Waals surface area contributed by atoms with Crippen molar-refractivity contribution in [3.63, 3.8) is 0 Å². The molecule has 0 saturated heterocycles. The minimum Gasteiger partial charge on any atom is -0.452 e. The number of carbonyl (C=O) groups excluding carboxylic acids is 2. The summed E-state index contributed by atoms with van der Waals surface area (Å²) in [5.74, 6) is -2.12. The summed E-state index contributed by atoms with van der Waals surface area (Å²) in [6.07, 6.45) is -1.19. The summed E-state index contributed by atoms with van der Waals surface area (Å²) in [6.45, 7) is 4.32. The van der Waals surface area contributed by atoms with Crippen molar-refractivity contribution >= 4 is 27.6 Å². The maximum Gasteiger partial charge on any atom is 0.321 e. The molecule has 2 aromatic rings. The van der Waals surface area contributed by atoms with Crippen LogP contribution in [0, 0.1) is 19.7 Å². The largest absolute Gasteiger partial charge is 0.452 e. The Kier molecular flexibility index (Phi) is 6.87. The summed E-state index contributed by atoms with van der Waals surface area (Å²) in [5.41, 5.74) is 1.95. The SMILES string of the molecule is Cc1ccc(S(=O)(=O)NCC(=O)O[C@@H](C)C(=O)Nc2cccc(F)c2)cc1C. The zero-order chi connectivity index (χ0) is 20.9. The molecular formula is C19H21FN2O5S. The fourth-order valence-electron chi connectivity index (χ4n) is 2.22. The van der Waals surface area contributed by atoms with E-state index in [9.17, 15) is 22.4 Å². The molecule has 0 spiro atoms. The van der Waals surface area contributed by atoms with Crippen LogP contribution >= 0.6 is 0 Å². The van der Waals surface area contributed by atoms with Crippen molar-refractivity contribution in [2.75, 3.05) is 11.9 Å². The molecule has 2 aromatic carbocycles. The normalized spacial score (nSPS) is 12.3. The third-order valence-corrected chi connectivity index (χ3v) is 5.36. The Morgan fingerprint density at radius 2 is 1.82 bits per heavy atom. The lowest BCUT2D eigenvalue weighted by Gasteiger charge is -2.14. The van der Waals surface area contributed by atoms with Gasteiger partial charge in [0.05, 0.1) is 4.90 Å². The lowest BCUT2D eigenvalue weighted by Crippen LogP contribution is -2.35. The number of sulfonamides is 1. The van der Waals surface area contributed by atoms with Crippen LogP contribution in [0.5, 0.6) is 0 Å². The molecule has 0 radical (unpaired) electrons. The molecule has 0 aliphatic carbocycles. The molecular weight excluding hydrogens is 387 g/mol. The van der Waals surface area contributed by atoms with Gasteiger partial charge in [-0.3, -0.25) is 9.59 Å². The average molecular weight is 408 g/mol. The molecule has 9 heteroatoms. The van der Waals surface area contributed by atoms with Gasteiger partial charge in [0.2, 0.25) is 10.0 Å². The Morgan fingerprint density at radius 1 is 1.11 bits per heavy atom. The van der Waals surface area contributed by atoms with Gasteiger partial charge in [0.15, 0.2) is 6.10 Å². The van der Waals surface area contributed by atoms with Crippen LogP contribution in [0.1, 0.15) is 18.1 Å². The average Bonchev–Trinajstić information content (AvgIpc) is 2.62. The molecule has 0 fully saturated rings. The molecule has 0 bridgehead atoms. The molecule has 1 atom stereocenters. The highest BCUT2D eigenvalue weighted by molar-refractivity contribution is 7.89. The zero-order valence-electron chi connectivity index (χ0n) is 15.7. The molecule has 0 aliphatic rings. The summed E-state index contributed by atoms with van der Waals surface area (Å²) in [4.78, 5) is 23.9. The summed E-state index contributed by atoms with van der Waals surface area (Å²) in [7, 11) is -3.90. The van der Waals surface area contributed by atoms with E-state index in [1.807, 2.05) is 6.92 Å². The van der Waals surface area contributed by atoms with Crippen molar-refractivity contribution in [3.05, 3.63) is 59.4 Å². The van der Waals surface area contributed by atoms with Crippen LogP contribution in [-0.2, 0) is 24.3 Å². The minimum atomic E-state index is -3.90. The van der Waals surface area contributed by atoms with Crippen molar-refractivity contribution in [3.8, 4) is 0 Å². The van der Waals surface area contributed by atoms with Gasteiger partial charge in [0.25, 0.3) is 5.91 Å². The number of benzene rings is 2. The molecule has 0 saturated carbocycles. The second kappa shape index (κ2) is 8.94. The number of halogens is 1. The van der Waals surface area contributed by atoms with E-state index in [1.54, 1.807) is 13.0 Å². The van der Waals surface area contributed by atoms with Gasteiger partial charge in [-0.25, -0.2) is 12.8 Å². The van der Waals surface area contributed by atoms with Gasteiger partial charge in [-0.05, 0) is 62.2 Å². The molecule has 0 aliphatic heterocycles. The first-order valence-corrected chi connectivity index (χ1v) is 9.89. The monoisotopic (exact) mass is 408 g/mol. The Balaban J connectivity index is 1.90. The molecule has 7 nitrogen and oxygen atoms in total. The number of aryl methyl sites for hydroxylation is 2. The van der Waals surface area contributed by atoms with Crippen LogP contribution in [0.3, 0.4) is 0 Å². The summed E-state index contributed by atoms with van der Waals surface area (Å²) >= 11 is 0. The van der Waals surface area contributed by atoms with E-state index in [1.165, 1.54) is 37.3 Å². The predicted molar refractivity (Wildman–Crippen MR) is 102 cm³/mol.